The summed E-state index contributed by atoms with van der Waals surface area (Å²) in [7, 11) is 0. The van der Waals surface area contributed by atoms with Crippen LogP contribution in [0.3, 0.4) is 0 Å². The van der Waals surface area contributed by atoms with E-state index in [-0.39, 0.29) is 5.41 Å². The maximum atomic E-state index is 2.57. The number of hydrogen-bond acceptors (Lipinski definition) is 1. The molecule has 0 spiro atoms. The lowest BCUT2D eigenvalue weighted by molar-refractivity contribution is 0.660. The van der Waals surface area contributed by atoms with Gasteiger partial charge in [0.25, 0.3) is 0 Å². The number of hydrogen-bond donors (Lipinski definition) is 0. The van der Waals surface area contributed by atoms with Gasteiger partial charge in [-0.3, -0.25) is 0 Å². The Bertz CT molecular complexity index is 3590. The van der Waals surface area contributed by atoms with Crippen LogP contribution >= 0.6 is 0 Å². The zero-order valence-corrected chi connectivity index (χ0v) is 37.1. The minimum absolute atomic E-state index is 0.188. The molecule has 0 saturated heterocycles. The number of rotatable bonds is 8. The van der Waals surface area contributed by atoms with Gasteiger partial charge in [-0.2, -0.15) is 0 Å². The molecule has 1 aliphatic rings. The second-order valence-electron chi connectivity index (χ2n) is 18.0. The maximum Gasteiger partial charge on any atom is 0.0625 e. The Balaban J connectivity index is 1.17. The van der Waals surface area contributed by atoms with Crippen molar-refractivity contribution in [2.45, 2.75) is 19.3 Å². The van der Waals surface area contributed by atoms with Gasteiger partial charge in [0, 0.05) is 27.7 Å². The van der Waals surface area contributed by atoms with E-state index in [1.165, 1.54) is 99.4 Å². The summed E-state index contributed by atoms with van der Waals surface area (Å²) < 4.78 is 0. The van der Waals surface area contributed by atoms with Crippen molar-refractivity contribution in [3.63, 3.8) is 0 Å². The van der Waals surface area contributed by atoms with Crippen LogP contribution in [-0.4, -0.2) is 0 Å². The van der Waals surface area contributed by atoms with Crippen LogP contribution in [0.25, 0.3) is 88.3 Å². The first-order chi connectivity index (χ1) is 32.5. The Morgan fingerprint density at radius 3 is 1.35 bits per heavy atom. The van der Waals surface area contributed by atoms with Gasteiger partial charge in [-0.05, 0) is 113 Å². The molecule has 1 nitrogen and oxygen atoms in total. The fraction of sp³-hybridized carbons (Fsp3) is 0.0462. The molecule has 312 valence electrons. The second kappa shape index (κ2) is 16.1. The normalized spacial score (nSPS) is 12.5. The summed E-state index contributed by atoms with van der Waals surface area (Å²) in [5, 5.41) is 4.87. The molecule has 66 heavy (non-hydrogen) atoms. The summed E-state index contributed by atoms with van der Waals surface area (Å²) in [4.78, 5) is 2.57. The summed E-state index contributed by atoms with van der Waals surface area (Å²) in [6.07, 6.45) is 0. The second-order valence-corrected chi connectivity index (χ2v) is 18.0. The molecule has 0 N–H and O–H groups in total. The van der Waals surface area contributed by atoms with E-state index in [0.29, 0.717) is 0 Å². The van der Waals surface area contributed by atoms with Crippen molar-refractivity contribution in [3.8, 4) is 66.8 Å². The van der Waals surface area contributed by atoms with Gasteiger partial charge in [-0.1, -0.05) is 238 Å². The first kappa shape index (κ1) is 39.3. The molecule has 0 heterocycles. The summed E-state index contributed by atoms with van der Waals surface area (Å²) in [5.41, 5.74) is 20.4. The van der Waals surface area contributed by atoms with Crippen molar-refractivity contribution in [2.24, 2.45) is 0 Å². The third kappa shape index (κ3) is 6.55. The van der Waals surface area contributed by atoms with E-state index >= 15 is 0 Å². The summed E-state index contributed by atoms with van der Waals surface area (Å²) >= 11 is 0. The van der Waals surface area contributed by atoms with Crippen LogP contribution in [0.2, 0.25) is 0 Å². The molecule has 1 heteroatoms. The highest BCUT2D eigenvalue weighted by Crippen LogP contribution is 2.55. The van der Waals surface area contributed by atoms with Crippen molar-refractivity contribution in [1.29, 1.82) is 0 Å². The van der Waals surface area contributed by atoms with Crippen molar-refractivity contribution in [1.82, 2.24) is 0 Å². The Morgan fingerprint density at radius 2 is 0.682 bits per heavy atom. The molecule has 11 aromatic carbocycles. The molecule has 0 amide bonds. The topological polar surface area (TPSA) is 3.24 Å². The summed E-state index contributed by atoms with van der Waals surface area (Å²) in [6.45, 7) is 4.76. The summed E-state index contributed by atoms with van der Waals surface area (Å²) in [5.74, 6) is 0. The van der Waals surface area contributed by atoms with Crippen molar-refractivity contribution in [2.75, 3.05) is 4.90 Å². The molecule has 0 atom stereocenters. The molecule has 11 aromatic rings. The molecule has 0 aromatic heterocycles. The molecule has 0 bridgehead atoms. The highest BCUT2D eigenvalue weighted by atomic mass is 15.1. The van der Waals surface area contributed by atoms with Crippen LogP contribution in [0, 0.1) is 0 Å². The van der Waals surface area contributed by atoms with Crippen LogP contribution in [0.4, 0.5) is 17.1 Å². The third-order valence-corrected chi connectivity index (χ3v) is 13.9. The van der Waals surface area contributed by atoms with Gasteiger partial charge >= 0.3 is 0 Å². The zero-order chi connectivity index (χ0) is 44.2. The Kier molecular flexibility index (Phi) is 9.58. The summed E-state index contributed by atoms with van der Waals surface area (Å²) in [6, 6.07) is 91.6. The third-order valence-electron chi connectivity index (χ3n) is 13.9. The fourth-order valence-corrected chi connectivity index (χ4v) is 10.7. The van der Waals surface area contributed by atoms with Crippen molar-refractivity contribution < 1.29 is 0 Å². The van der Waals surface area contributed by atoms with E-state index in [0.717, 1.165) is 17.1 Å². The first-order valence-electron chi connectivity index (χ1n) is 23.0. The number of fused-ring (bicyclic) bond motifs is 6. The minimum atomic E-state index is -0.188. The van der Waals surface area contributed by atoms with Gasteiger partial charge in [-0.25, -0.2) is 0 Å². The lowest BCUT2D eigenvalue weighted by atomic mass is 9.82. The Morgan fingerprint density at radius 1 is 0.273 bits per heavy atom. The lowest BCUT2D eigenvalue weighted by Crippen LogP contribution is -2.17. The monoisotopic (exact) mass is 841 g/mol. The van der Waals surface area contributed by atoms with Crippen LogP contribution in [-0.2, 0) is 5.41 Å². The van der Waals surface area contributed by atoms with E-state index in [1.54, 1.807) is 0 Å². The lowest BCUT2D eigenvalue weighted by Gasteiger charge is -2.33. The van der Waals surface area contributed by atoms with E-state index in [4.69, 9.17) is 0 Å². The van der Waals surface area contributed by atoms with Gasteiger partial charge in [0.15, 0.2) is 0 Å². The molecular weight excluding hydrogens is 795 g/mol. The largest absolute Gasteiger partial charge is 0.309 e. The maximum absolute atomic E-state index is 2.57. The van der Waals surface area contributed by atoms with Gasteiger partial charge < -0.3 is 4.90 Å². The van der Waals surface area contributed by atoms with Gasteiger partial charge in [0.1, 0.15) is 0 Å². The number of nitrogens with zero attached hydrogens (tertiary/aromatic N) is 1. The molecule has 12 rings (SSSR count). The average molecular weight is 842 g/mol. The molecule has 0 fully saturated rings. The van der Waals surface area contributed by atoms with Gasteiger partial charge in [0.2, 0.25) is 0 Å². The van der Waals surface area contributed by atoms with E-state index in [1.807, 2.05) is 0 Å². The van der Waals surface area contributed by atoms with E-state index in [9.17, 15) is 0 Å². The Labute approximate surface area is 387 Å². The highest BCUT2D eigenvalue weighted by molar-refractivity contribution is 6.23. The Hall–Kier alpha value is -8.26. The quantitative estimate of drug-likeness (QED) is 0.138. The first-order valence-corrected chi connectivity index (χ1v) is 23.0. The van der Waals surface area contributed by atoms with Gasteiger partial charge in [-0.15, -0.1) is 0 Å². The molecule has 1 aliphatic carbocycles. The van der Waals surface area contributed by atoms with Crippen molar-refractivity contribution in [3.05, 3.63) is 260 Å². The predicted octanol–water partition coefficient (Wildman–Crippen LogP) is 18.1. The van der Waals surface area contributed by atoms with Crippen LogP contribution in [0.5, 0.6) is 0 Å². The minimum Gasteiger partial charge on any atom is -0.309 e. The zero-order valence-electron chi connectivity index (χ0n) is 37.1. The van der Waals surface area contributed by atoms with Gasteiger partial charge in [0.05, 0.1) is 5.69 Å². The molecule has 0 radical (unpaired) electrons. The standard InChI is InChI=1S/C65H47N/c1-65(2)61-33-19-18-29-55(61)56-41-39-50(43-62(56)65)66(49-38-40-52(60(42-49)47-24-10-5-11-25-47)48-36-34-45(35-37-48)44-20-6-3-7-21-44)64-59-32-17-14-28-54(59)53-27-13-16-31-58(53)63(64)57-30-15-12-26-51(57)46-22-8-4-9-23-46/h3-43H,1-2H3. The van der Waals surface area contributed by atoms with Crippen LogP contribution < -0.4 is 4.90 Å². The number of anilines is 3. The molecule has 0 saturated carbocycles. The SMILES string of the molecule is CC1(C)c2ccccc2-c2ccc(N(c3ccc(-c4ccc(-c5ccccc5)cc4)c(-c4ccccc4)c3)c3c(-c4ccccc4-c4ccccc4)c4ccccc4c4ccccc34)cc21. The van der Waals surface area contributed by atoms with E-state index in [2.05, 4.69) is 267 Å². The smallest absolute Gasteiger partial charge is 0.0625 e. The predicted molar refractivity (Wildman–Crippen MR) is 281 cm³/mol. The number of benzene rings is 11. The molecule has 0 aliphatic heterocycles. The van der Waals surface area contributed by atoms with Crippen LogP contribution in [0.15, 0.2) is 249 Å². The van der Waals surface area contributed by atoms with Crippen LogP contribution in [0.1, 0.15) is 25.0 Å². The van der Waals surface area contributed by atoms with E-state index < -0.39 is 0 Å². The fourth-order valence-electron chi connectivity index (χ4n) is 10.7. The van der Waals surface area contributed by atoms with Crippen molar-refractivity contribution >= 4 is 38.6 Å². The average Bonchev–Trinajstić information content (AvgIpc) is 3.62. The molecule has 0 unspecified atom stereocenters. The molecular formula is C65H47N. The highest BCUT2D eigenvalue weighted by Gasteiger charge is 2.36.